The summed E-state index contributed by atoms with van der Waals surface area (Å²) in [6, 6.07) is 4.62. The maximum atomic E-state index is 13.1. The van der Waals surface area contributed by atoms with Crippen LogP contribution in [0.1, 0.15) is 25.3 Å². The second kappa shape index (κ2) is 10.6. The third kappa shape index (κ3) is 6.85. The molecule has 1 aliphatic heterocycles. The molecule has 1 aromatic carbocycles. The molecule has 0 atom stereocenters. The number of hydrogen-bond acceptors (Lipinski definition) is 3. The van der Waals surface area contributed by atoms with Crippen LogP contribution >= 0.6 is 35.6 Å². The van der Waals surface area contributed by atoms with E-state index in [1.54, 1.807) is 17.9 Å². The molecular formula is C16H23ClFIN4O2. The van der Waals surface area contributed by atoms with E-state index < -0.39 is 5.82 Å². The van der Waals surface area contributed by atoms with E-state index in [-0.39, 0.29) is 41.1 Å². The predicted molar refractivity (Wildman–Crippen MR) is 107 cm³/mol. The van der Waals surface area contributed by atoms with Gasteiger partial charge in [0.05, 0.1) is 18.2 Å². The first-order valence-corrected chi connectivity index (χ1v) is 8.29. The zero-order chi connectivity index (χ0) is 17.5. The Kier molecular flexibility index (Phi) is 9.26. The number of likely N-dealkylation sites (tertiary alicyclic amines) is 1. The third-order valence-electron chi connectivity index (χ3n) is 3.79. The van der Waals surface area contributed by atoms with Crippen molar-refractivity contribution in [1.82, 2.24) is 10.2 Å². The number of piperidine rings is 1. The van der Waals surface area contributed by atoms with E-state index in [9.17, 15) is 9.18 Å². The lowest BCUT2D eigenvalue weighted by Crippen LogP contribution is -2.48. The first-order valence-electron chi connectivity index (χ1n) is 7.91. The second-order valence-electron chi connectivity index (χ2n) is 5.55. The van der Waals surface area contributed by atoms with Crippen LogP contribution in [0.5, 0.6) is 0 Å². The number of nitrogens with zero attached hydrogens (tertiary/aromatic N) is 2. The van der Waals surface area contributed by atoms with Crippen molar-refractivity contribution in [3.63, 3.8) is 0 Å². The lowest BCUT2D eigenvalue weighted by molar-refractivity contribution is 0.0963. The molecule has 6 nitrogen and oxygen atoms in total. The third-order valence-corrected chi connectivity index (χ3v) is 4.08. The van der Waals surface area contributed by atoms with Gasteiger partial charge in [0.15, 0.2) is 5.96 Å². The van der Waals surface area contributed by atoms with Crippen molar-refractivity contribution in [3.05, 3.63) is 34.6 Å². The van der Waals surface area contributed by atoms with Gasteiger partial charge in [0, 0.05) is 19.1 Å². The second-order valence-corrected chi connectivity index (χ2v) is 5.96. The number of rotatable bonds is 4. The number of nitrogens with two attached hydrogens (primary N) is 1. The van der Waals surface area contributed by atoms with Crippen LogP contribution in [0.4, 0.5) is 9.18 Å². The smallest absolute Gasteiger partial charge is 0.409 e. The minimum absolute atomic E-state index is 0. The highest BCUT2D eigenvalue weighted by Gasteiger charge is 2.23. The molecule has 1 aliphatic rings. The average Bonchev–Trinajstić information content (AvgIpc) is 2.57. The Morgan fingerprint density at radius 1 is 1.48 bits per heavy atom. The molecule has 0 spiro atoms. The van der Waals surface area contributed by atoms with Crippen LogP contribution in [-0.4, -0.2) is 42.7 Å². The highest BCUT2D eigenvalue weighted by Crippen LogP contribution is 2.16. The Morgan fingerprint density at radius 3 is 2.76 bits per heavy atom. The summed E-state index contributed by atoms with van der Waals surface area (Å²) in [5.41, 5.74) is 6.67. The Balaban J connectivity index is 0.00000312. The van der Waals surface area contributed by atoms with Crippen molar-refractivity contribution in [2.75, 3.05) is 19.7 Å². The molecule has 1 fully saturated rings. The molecule has 0 saturated carbocycles. The molecule has 0 unspecified atom stereocenters. The maximum Gasteiger partial charge on any atom is 0.409 e. The summed E-state index contributed by atoms with van der Waals surface area (Å²) in [6.45, 7) is 3.73. The summed E-state index contributed by atoms with van der Waals surface area (Å²) in [4.78, 5) is 17.6. The molecule has 1 heterocycles. The number of ether oxygens (including phenoxy) is 1. The summed E-state index contributed by atoms with van der Waals surface area (Å²) >= 11 is 5.73. The fraction of sp³-hybridized carbons (Fsp3) is 0.500. The summed E-state index contributed by atoms with van der Waals surface area (Å²) in [5, 5.41) is 3.22. The highest BCUT2D eigenvalue weighted by atomic mass is 127. The normalized spacial score (nSPS) is 15.5. The molecule has 1 amide bonds. The van der Waals surface area contributed by atoms with Crippen LogP contribution in [0.15, 0.2) is 23.2 Å². The number of halogens is 3. The Morgan fingerprint density at radius 2 is 2.16 bits per heavy atom. The van der Waals surface area contributed by atoms with E-state index in [4.69, 9.17) is 22.1 Å². The van der Waals surface area contributed by atoms with Gasteiger partial charge in [-0.2, -0.15) is 0 Å². The van der Waals surface area contributed by atoms with Gasteiger partial charge >= 0.3 is 6.09 Å². The van der Waals surface area contributed by atoms with Crippen molar-refractivity contribution in [2.45, 2.75) is 32.4 Å². The van der Waals surface area contributed by atoms with E-state index in [1.807, 2.05) is 0 Å². The molecule has 0 radical (unpaired) electrons. The van der Waals surface area contributed by atoms with E-state index in [1.165, 1.54) is 12.1 Å². The highest BCUT2D eigenvalue weighted by molar-refractivity contribution is 14.0. The van der Waals surface area contributed by atoms with Crippen molar-refractivity contribution < 1.29 is 13.9 Å². The molecule has 2 rings (SSSR count). The number of guanidine groups is 1. The minimum atomic E-state index is -0.455. The van der Waals surface area contributed by atoms with Crippen LogP contribution in [0.3, 0.4) is 0 Å². The number of aliphatic imine (C=N–C) groups is 1. The number of benzene rings is 1. The van der Waals surface area contributed by atoms with Gasteiger partial charge in [0.25, 0.3) is 0 Å². The van der Waals surface area contributed by atoms with Crippen molar-refractivity contribution in [2.24, 2.45) is 10.7 Å². The number of carbonyl (C=O) groups is 1. The first kappa shape index (κ1) is 21.8. The fourth-order valence-electron chi connectivity index (χ4n) is 2.49. The quantitative estimate of drug-likeness (QED) is 0.391. The van der Waals surface area contributed by atoms with Crippen molar-refractivity contribution in [3.8, 4) is 0 Å². The van der Waals surface area contributed by atoms with Crippen LogP contribution < -0.4 is 11.1 Å². The van der Waals surface area contributed by atoms with Gasteiger partial charge in [-0.25, -0.2) is 14.2 Å². The van der Waals surface area contributed by atoms with Crippen LogP contribution in [0.25, 0.3) is 0 Å². The average molecular weight is 485 g/mol. The molecule has 0 aromatic heterocycles. The molecule has 140 valence electrons. The lowest BCUT2D eigenvalue weighted by Gasteiger charge is -2.31. The van der Waals surface area contributed by atoms with Crippen LogP contribution in [0, 0.1) is 5.82 Å². The maximum absolute atomic E-state index is 13.1. The van der Waals surface area contributed by atoms with Gasteiger partial charge in [0.1, 0.15) is 5.82 Å². The monoisotopic (exact) mass is 484 g/mol. The van der Waals surface area contributed by atoms with Crippen molar-refractivity contribution >= 4 is 47.6 Å². The number of carbonyl (C=O) groups excluding carboxylic acids is 1. The summed E-state index contributed by atoms with van der Waals surface area (Å²) in [7, 11) is 0. The number of hydrogen-bond donors (Lipinski definition) is 2. The molecule has 1 aromatic rings. The predicted octanol–water partition coefficient (Wildman–Crippen LogP) is 3.12. The Hall–Kier alpha value is -1.29. The van der Waals surface area contributed by atoms with Gasteiger partial charge < -0.3 is 20.7 Å². The van der Waals surface area contributed by atoms with Crippen LogP contribution in [-0.2, 0) is 11.3 Å². The van der Waals surface area contributed by atoms with E-state index in [0.29, 0.717) is 32.2 Å². The number of amides is 1. The molecular weight excluding hydrogens is 462 g/mol. The summed E-state index contributed by atoms with van der Waals surface area (Å²) < 4.78 is 18.1. The van der Waals surface area contributed by atoms with Gasteiger partial charge in [0.2, 0.25) is 0 Å². The minimum Gasteiger partial charge on any atom is -0.450 e. The van der Waals surface area contributed by atoms with E-state index in [0.717, 1.165) is 18.4 Å². The standard InChI is InChI=1S/C16H22ClFN4O2.HI/c1-2-24-16(23)22-7-5-12(6-8-22)21-15(19)20-10-11-3-4-14(18)13(17)9-11;/h3-4,9,12H,2,5-8,10H2,1H3,(H3,19,20,21);1H. The van der Waals surface area contributed by atoms with Crippen molar-refractivity contribution in [1.29, 1.82) is 0 Å². The van der Waals surface area contributed by atoms with Gasteiger partial charge in [-0.3, -0.25) is 0 Å². The zero-order valence-electron chi connectivity index (χ0n) is 14.0. The topological polar surface area (TPSA) is 80.0 Å². The van der Waals surface area contributed by atoms with E-state index >= 15 is 0 Å². The van der Waals surface area contributed by atoms with Gasteiger partial charge in [-0.05, 0) is 37.5 Å². The van der Waals surface area contributed by atoms with Crippen LogP contribution in [0.2, 0.25) is 5.02 Å². The molecule has 9 heteroatoms. The molecule has 0 bridgehead atoms. The largest absolute Gasteiger partial charge is 0.450 e. The summed E-state index contributed by atoms with van der Waals surface area (Å²) in [5.74, 6) is -0.131. The molecule has 0 aliphatic carbocycles. The zero-order valence-corrected chi connectivity index (χ0v) is 17.1. The van der Waals surface area contributed by atoms with Gasteiger partial charge in [-0.15, -0.1) is 24.0 Å². The Bertz CT molecular complexity index is 610. The van der Waals surface area contributed by atoms with Gasteiger partial charge in [-0.1, -0.05) is 17.7 Å². The van der Waals surface area contributed by atoms with E-state index in [2.05, 4.69) is 10.3 Å². The molecule has 25 heavy (non-hydrogen) atoms. The lowest BCUT2D eigenvalue weighted by atomic mass is 10.1. The Labute approximate surface area is 169 Å². The first-order chi connectivity index (χ1) is 11.5. The molecule has 3 N–H and O–H groups in total. The SMILES string of the molecule is CCOC(=O)N1CCC(NC(N)=NCc2ccc(F)c(Cl)c2)CC1.I. The molecule has 1 saturated heterocycles. The number of nitrogens with one attached hydrogen (secondary N) is 1. The fourth-order valence-corrected chi connectivity index (χ4v) is 2.69. The summed E-state index contributed by atoms with van der Waals surface area (Å²) in [6.07, 6.45) is 1.28.